The van der Waals surface area contributed by atoms with Crippen LogP contribution in [-0.4, -0.2) is 15.2 Å². The van der Waals surface area contributed by atoms with Gasteiger partial charge < -0.3 is 4.74 Å². The molecule has 2 aromatic heterocycles. The van der Waals surface area contributed by atoms with Gasteiger partial charge in [-0.05, 0) is 35.4 Å². The van der Waals surface area contributed by atoms with Crippen molar-refractivity contribution in [2.75, 3.05) is 0 Å². The summed E-state index contributed by atoms with van der Waals surface area (Å²) in [5.41, 5.74) is 4.09. The molecule has 0 saturated carbocycles. The summed E-state index contributed by atoms with van der Waals surface area (Å²) in [6.07, 6.45) is 3.48. The van der Waals surface area contributed by atoms with E-state index in [4.69, 9.17) is 4.74 Å². The molecule has 0 unspecified atom stereocenters. The molecule has 4 aromatic rings. The van der Waals surface area contributed by atoms with E-state index in [0.29, 0.717) is 12.2 Å². The minimum absolute atomic E-state index is 0.310. The van der Waals surface area contributed by atoms with Gasteiger partial charge in [0.15, 0.2) is 5.65 Å². The van der Waals surface area contributed by atoms with E-state index >= 15 is 0 Å². The number of nitrogens with zero attached hydrogens (tertiary/aromatic N) is 3. The Kier molecular flexibility index (Phi) is 3.85. The van der Waals surface area contributed by atoms with Gasteiger partial charge in [0.25, 0.3) is 0 Å². The Morgan fingerprint density at radius 2 is 1.88 bits per heavy atom. The largest absolute Gasteiger partial charge is 0.489 e. The Balaban J connectivity index is 1.80. The van der Waals surface area contributed by atoms with Crippen LogP contribution in [0.3, 0.4) is 0 Å². The second kappa shape index (κ2) is 6.46. The van der Waals surface area contributed by atoms with E-state index in [9.17, 15) is 5.26 Å². The van der Waals surface area contributed by atoms with Crippen molar-refractivity contribution < 1.29 is 4.74 Å². The SMILES string of the molecule is N#Cc1cccc(-c2ccnc3[nH]ncc23)c1COc1ccccc1. The number of aromatic amines is 1. The van der Waals surface area contributed by atoms with Crippen molar-refractivity contribution in [2.24, 2.45) is 0 Å². The van der Waals surface area contributed by atoms with Crippen LogP contribution in [0.25, 0.3) is 22.2 Å². The van der Waals surface area contributed by atoms with Gasteiger partial charge in [-0.2, -0.15) is 10.4 Å². The summed E-state index contributed by atoms with van der Waals surface area (Å²) >= 11 is 0. The standard InChI is InChI=1S/C20H14N4O/c21-11-14-5-4-8-16(17-9-10-22-20-18(17)12-23-24-20)19(14)13-25-15-6-2-1-3-7-15/h1-10,12H,13H2,(H,22,23,24). The van der Waals surface area contributed by atoms with Gasteiger partial charge >= 0.3 is 0 Å². The molecule has 4 rings (SSSR count). The summed E-state index contributed by atoms with van der Waals surface area (Å²) in [7, 11) is 0. The molecule has 0 bridgehead atoms. The van der Waals surface area contributed by atoms with Gasteiger partial charge in [0.05, 0.1) is 17.8 Å². The number of hydrogen-bond donors (Lipinski definition) is 1. The van der Waals surface area contributed by atoms with E-state index in [1.165, 1.54) is 0 Å². The fourth-order valence-corrected chi connectivity index (χ4v) is 2.86. The van der Waals surface area contributed by atoms with E-state index in [1.54, 1.807) is 18.5 Å². The quantitative estimate of drug-likeness (QED) is 0.613. The third kappa shape index (κ3) is 2.81. The van der Waals surface area contributed by atoms with Gasteiger partial charge in [-0.1, -0.05) is 30.3 Å². The molecule has 25 heavy (non-hydrogen) atoms. The number of ether oxygens (including phenoxy) is 1. The van der Waals surface area contributed by atoms with Crippen molar-refractivity contribution >= 4 is 11.0 Å². The second-order valence-electron chi connectivity index (χ2n) is 5.54. The van der Waals surface area contributed by atoms with Gasteiger partial charge in [-0.3, -0.25) is 5.10 Å². The number of fused-ring (bicyclic) bond motifs is 1. The highest BCUT2D eigenvalue weighted by Crippen LogP contribution is 2.31. The van der Waals surface area contributed by atoms with E-state index < -0.39 is 0 Å². The molecule has 5 heteroatoms. The minimum atomic E-state index is 0.310. The van der Waals surface area contributed by atoms with Gasteiger partial charge in [-0.25, -0.2) is 4.98 Å². The van der Waals surface area contributed by atoms with Crippen molar-refractivity contribution in [3.63, 3.8) is 0 Å². The first kappa shape index (κ1) is 14.9. The van der Waals surface area contributed by atoms with Crippen LogP contribution in [0.2, 0.25) is 0 Å². The normalized spacial score (nSPS) is 10.5. The maximum absolute atomic E-state index is 9.52. The number of rotatable bonds is 4. The Labute approximate surface area is 144 Å². The zero-order chi connectivity index (χ0) is 17.1. The van der Waals surface area contributed by atoms with E-state index in [-0.39, 0.29) is 0 Å². The Bertz CT molecular complexity index is 1060. The lowest BCUT2D eigenvalue weighted by atomic mass is 9.95. The Morgan fingerprint density at radius 1 is 1.00 bits per heavy atom. The monoisotopic (exact) mass is 326 g/mol. The van der Waals surface area contributed by atoms with E-state index in [1.807, 2.05) is 48.5 Å². The third-order valence-electron chi connectivity index (χ3n) is 4.07. The van der Waals surface area contributed by atoms with Crippen LogP contribution < -0.4 is 4.74 Å². The fourth-order valence-electron chi connectivity index (χ4n) is 2.86. The van der Waals surface area contributed by atoms with Crippen LogP contribution in [0, 0.1) is 11.3 Å². The lowest BCUT2D eigenvalue weighted by Gasteiger charge is -2.13. The summed E-state index contributed by atoms with van der Waals surface area (Å²) in [5, 5.41) is 17.4. The summed E-state index contributed by atoms with van der Waals surface area (Å²) in [6.45, 7) is 0.310. The summed E-state index contributed by atoms with van der Waals surface area (Å²) < 4.78 is 5.90. The van der Waals surface area contributed by atoms with Crippen LogP contribution in [0.1, 0.15) is 11.1 Å². The molecule has 5 nitrogen and oxygen atoms in total. The Hall–Kier alpha value is -3.65. The fraction of sp³-hybridized carbons (Fsp3) is 0.0500. The predicted octanol–water partition coefficient (Wildman–Crippen LogP) is 4.08. The van der Waals surface area contributed by atoms with Crippen molar-refractivity contribution in [3.05, 3.63) is 78.1 Å². The molecular weight excluding hydrogens is 312 g/mol. The molecular formula is C20H14N4O. The van der Waals surface area contributed by atoms with Crippen LogP contribution >= 0.6 is 0 Å². The predicted molar refractivity (Wildman–Crippen MR) is 94.8 cm³/mol. The zero-order valence-electron chi connectivity index (χ0n) is 13.3. The van der Waals surface area contributed by atoms with Crippen LogP contribution in [0.15, 0.2) is 67.0 Å². The minimum Gasteiger partial charge on any atom is -0.489 e. The smallest absolute Gasteiger partial charge is 0.155 e. The molecule has 2 heterocycles. The number of benzene rings is 2. The molecule has 0 radical (unpaired) electrons. The number of hydrogen-bond acceptors (Lipinski definition) is 4. The average molecular weight is 326 g/mol. The zero-order valence-corrected chi connectivity index (χ0v) is 13.3. The van der Waals surface area contributed by atoms with E-state index in [2.05, 4.69) is 21.3 Å². The first-order valence-corrected chi connectivity index (χ1v) is 7.85. The average Bonchev–Trinajstić information content (AvgIpc) is 3.16. The van der Waals surface area contributed by atoms with Gasteiger partial charge in [0, 0.05) is 17.1 Å². The number of H-pyrrole nitrogens is 1. The van der Waals surface area contributed by atoms with Crippen molar-refractivity contribution in [2.45, 2.75) is 6.61 Å². The number of nitrogens with one attached hydrogen (secondary N) is 1. The molecule has 0 saturated heterocycles. The maximum atomic E-state index is 9.52. The summed E-state index contributed by atoms with van der Waals surface area (Å²) in [6, 6.07) is 19.5. The van der Waals surface area contributed by atoms with Gasteiger partial charge in [0.2, 0.25) is 0 Å². The molecule has 1 N–H and O–H groups in total. The molecule has 0 spiro atoms. The molecule has 0 aliphatic rings. The van der Waals surface area contributed by atoms with Crippen molar-refractivity contribution in [3.8, 4) is 22.9 Å². The second-order valence-corrected chi connectivity index (χ2v) is 5.54. The van der Waals surface area contributed by atoms with Gasteiger partial charge in [-0.15, -0.1) is 0 Å². The van der Waals surface area contributed by atoms with Gasteiger partial charge in [0.1, 0.15) is 12.4 Å². The topological polar surface area (TPSA) is 74.6 Å². The molecule has 2 aromatic carbocycles. The van der Waals surface area contributed by atoms with Crippen molar-refractivity contribution in [1.29, 1.82) is 5.26 Å². The summed E-state index contributed by atoms with van der Waals surface area (Å²) in [4.78, 5) is 4.28. The van der Waals surface area contributed by atoms with E-state index in [0.717, 1.165) is 33.5 Å². The highest BCUT2D eigenvalue weighted by molar-refractivity contribution is 5.93. The van der Waals surface area contributed by atoms with Crippen LogP contribution in [0.5, 0.6) is 5.75 Å². The lowest BCUT2D eigenvalue weighted by molar-refractivity contribution is 0.306. The number of nitriles is 1. The molecule has 0 amide bonds. The third-order valence-corrected chi connectivity index (χ3v) is 4.07. The molecule has 0 aliphatic heterocycles. The Morgan fingerprint density at radius 3 is 2.72 bits per heavy atom. The maximum Gasteiger partial charge on any atom is 0.155 e. The van der Waals surface area contributed by atoms with Crippen LogP contribution in [0.4, 0.5) is 0 Å². The number of aromatic nitrogens is 3. The first-order valence-electron chi connectivity index (χ1n) is 7.85. The molecule has 0 fully saturated rings. The highest BCUT2D eigenvalue weighted by Gasteiger charge is 2.14. The lowest BCUT2D eigenvalue weighted by Crippen LogP contribution is -2.01. The van der Waals surface area contributed by atoms with Crippen molar-refractivity contribution in [1.82, 2.24) is 15.2 Å². The molecule has 120 valence electrons. The molecule has 0 aliphatic carbocycles. The number of pyridine rings is 1. The van der Waals surface area contributed by atoms with Crippen LogP contribution in [-0.2, 0) is 6.61 Å². The number of para-hydroxylation sites is 1. The molecule has 0 atom stereocenters. The highest BCUT2D eigenvalue weighted by atomic mass is 16.5. The summed E-state index contributed by atoms with van der Waals surface area (Å²) in [5.74, 6) is 0.768. The first-order chi connectivity index (χ1) is 12.4.